The monoisotopic (exact) mass is 286 g/mol. The van der Waals surface area contributed by atoms with E-state index in [1.165, 1.54) is 29.7 Å². The van der Waals surface area contributed by atoms with Crippen LogP contribution < -0.4 is 5.32 Å². The average Bonchev–Trinajstić information content (AvgIpc) is 2.92. The standard InChI is InChI=1S/C16H15FN2O2/c17-15-8-11(4-7-16(15)19(20)21)10-18-14-6-5-12-2-1-3-13(12)9-14/h4-9,18H,1-3,10H2. The van der Waals surface area contributed by atoms with Crippen LogP contribution in [0.15, 0.2) is 36.4 Å². The van der Waals surface area contributed by atoms with Crippen molar-refractivity contribution in [1.82, 2.24) is 0 Å². The van der Waals surface area contributed by atoms with Crippen molar-refractivity contribution in [2.75, 3.05) is 5.32 Å². The Morgan fingerprint density at radius 2 is 1.95 bits per heavy atom. The van der Waals surface area contributed by atoms with E-state index in [-0.39, 0.29) is 0 Å². The van der Waals surface area contributed by atoms with Crippen molar-refractivity contribution < 1.29 is 9.31 Å². The molecule has 108 valence electrons. The molecule has 1 N–H and O–H groups in total. The molecule has 0 aliphatic heterocycles. The second-order valence-electron chi connectivity index (χ2n) is 5.23. The second-order valence-corrected chi connectivity index (χ2v) is 5.23. The fourth-order valence-corrected chi connectivity index (χ4v) is 2.69. The van der Waals surface area contributed by atoms with E-state index >= 15 is 0 Å². The summed E-state index contributed by atoms with van der Waals surface area (Å²) in [6, 6.07) is 10.3. The first-order valence-electron chi connectivity index (χ1n) is 6.92. The van der Waals surface area contributed by atoms with Crippen LogP contribution in [0.1, 0.15) is 23.1 Å². The maximum atomic E-state index is 13.5. The minimum atomic E-state index is -0.798. The van der Waals surface area contributed by atoms with Gasteiger partial charge in [0.15, 0.2) is 0 Å². The number of fused-ring (bicyclic) bond motifs is 1. The minimum Gasteiger partial charge on any atom is -0.381 e. The lowest BCUT2D eigenvalue weighted by Gasteiger charge is -2.09. The number of anilines is 1. The smallest absolute Gasteiger partial charge is 0.304 e. The summed E-state index contributed by atoms with van der Waals surface area (Å²) in [4.78, 5) is 9.86. The van der Waals surface area contributed by atoms with E-state index in [0.29, 0.717) is 12.1 Å². The molecule has 21 heavy (non-hydrogen) atoms. The van der Waals surface area contributed by atoms with Gasteiger partial charge in [0.2, 0.25) is 5.82 Å². The molecule has 0 amide bonds. The van der Waals surface area contributed by atoms with Crippen molar-refractivity contribution >= 4 is 11.4 Å². The van der Waals surface area contributed by atoms with E-state index in [1.807, 2.05) is 6.07 Å². The van der Waals surface area contributed by atoms with E-state index in [1.54, 1.807) is 6.07 Å². The third-order valence-corrected chi connectivity index (χ3v) is 3.80. The molecular formula is C16H15FN2O2. The molecule has 0 unspecified atom stereocenters. The zero-order chi connectivity index (χ0) is 14.8. The molecule has 0 bridgehead atoms. The van der Waals surface area contributed by atoms with Gasteiger partial charge in [0, 0.05) is 18.3 Å². The van der Waals surface area contributed by atoms with Gasteiger partial charge in [-0.3, -0.25) is 10.1 Å². The Bertz CT molecular complexity index is 701. The first kappa shape index (κ1) is 13.5. The molecule has 2 aromatic rings. The number of nitrogens with one attached hydrogen (secondary N) is 1. The lowest BCUT2D eigenvalue weighted by molar-refractivity contribution is -0.387. The molecule has 1 aliphatic carbocycles. The molecular weight excluding hydrogens is 271 g/mol. The summed E-state index contributed by atoms with van der Waals surface area (Å²) in [5.74, 6) is -0.798. The summed E-state index contributed by atoms with van der Waals surface area (Å²) in [5, 5.41) is 13.8. The Hall–Kier alpha value is -2.43. The predicted octanol–water partition coefficient (Wildman–Crippen LogP) is 3.83. The second kappa shape index (κ2) is 5.52. The maximum Gasteiger partial charge on any atom is 0.304 e. The zero-order valence-electron chi connectivity index (χ0n) is 11.4. The number of benzene rings is 2. The Morgan fingerprint density at radius 1 is 1.14 bits per heavy atom. The van der Waals surface area contributed by atoms with E-state index in [9.17, 15) is 14.5 Å². The van der Waals surface area contributed by atoms with Gasteiger partial charge in [-0.1, -0.05) is 12.1 Å². The average molecular weight is 286 g/mol. The van der Waals surface area contributed by atoms with Gasteiger partial charge in [-0.05, 0) is 54.2 Å². The quantitative estimate of drug-likeness (QED) is 0.686. The lowest BCUT2D eigenvalue weighted by atomic mass is 10.1. The van der Waals surface area contributed by atoms with Gasteiger partial charge in [-0.15, -0.1) is 0 Å². The minimum absolute atomic E-state index is 0.438. The third kappa shape index (κ3) is 2.86. The van der Waals surface area contributed by atoms with E-state index in [2.05, 4.69) is 17.4 Å². The highest BCUT2D eigenvalue weighted by Crippen LogP contribution is 2.25. The van der Waals surface area contributed by atoms with Gasteiger partial charge in [0.1, 0.15) is 0 Å². The van der Waals surface area contributed by atoms with Gasteiger partial charge in [-0.25, -0.2) is 0 Å². The van der Waals surface area contributed by atoms with Gasteiger partial charge in [0.05, 0.1) is 4.92 Å². The summed E-state index contributed by atoms with van der Waals surface area (Å²) in [6.45, 7) is 0.438. The molecule has 4 nitrogen and oxygen atoms in total. The van der Waals surface area contributed by atoms with Crippen molar-refractivity contribution in [3.8, 4) is 0 Å². The molecule has 0 saturated carbocycles. The molecule has 3 rings (SSSR count). The molecule has 0 atom stereocenters. The molecule has 0 radical (unpaired) electrons. The van der Waals surface area contributed by atoms with Crippen molar-refractivity contribution in [2.24, 2.45) is 0 Å². The van der Waals surface area contributed by atoms with E-state index in [4.69, 9.17) is 0 Å². The molecule has 5 heteroatoms. The van der Waals surface area contributed by atoms with Crippen LogP contribution in [0.5, 0.6) is 0 Å². The Balaban J connectivity index is 1.70. The van der Waals surface area contributed by atoms with Crippen LogP contribution in [-0.2, 0) is 19.4 Å². The fourth-order valence-electron chi connectivity index (χ4n) is 2.69. The van der Waals surface area contributed by atoms with Crippen molar-refractivity contribution in [2.45, 2.75) is 25.8 Å². The van der Waals surface area contributed by atoms with Crippen LogP contribution in [0.3, 0.4) is 0 Å². The topological polar surface area (TPSA) is 55.2 Å². The van der Waals surface area contributed by atoms with Crippen molar-refractivity contribution in [1.29, 1.82) is 0 Å². The fraction of sp³-hybridized carbons (Fsp3) is 0.250. The number of nitro benzene ring substituents is 1. The number of aryl methyl sites for hydroxylation is 2. The van der Waals surface area contributed by atoms with Gasteiger partial charge in [-0.2, -0.15) is 4.39 Å². The van der Waals surface area contributed by atoms with E-state index in [0.717, 1.165) is 18.5 Å². The van der Waals surface area contributed by atoms with Crippen molar-refractivity contribution in [3.05, 3.63) is 69.0 Å². The molecule has 0 fully saturated rings. The normalized spacial score (nSPS) is 13.0. The van der Waals surface area contributed by atoms with Crippen LogP contribution in [0.2, 0.25) is 0 Å². The molecule has 0 aromatic heterocycles. The van der Waals surface area contributed by atoms with Crippen LogP contribution >= 0.6 is 0 Å². The van der Waals surface area contributed by atoms with Gasteiger partial charge < -0.3 is 5.32 Å². The first-order chi connectivity index (χ1) is 10.1. The number of halogens is 1. The number of nitrogens with zero attached hydrogens (tertiary/aromatic N) is 1. The lowest BCUT2D eigenvalue weighted by Crippen LogP contribution is -2.01. The third-order valence-electron chi connectivity index (χ3n) is 3.80. The number of hydrogen-bond donors (Lipinski definition) is 1. The van der Waals surface area contributed by atoms with Gasteiger partial charge >= 0.3 is 5.69 Å². The van der Waals surface area contributed by atoms with Crippen LogP contribution in [-0.4, -0.2) is 4.92 Å². The molecule has 0 heterocycles. The maximum absolute atomic E-state index is 13.5. The van der Waals surface area contributed by atoms with Crippen LogP contribution in [0, 0.1) is 15.9 Å². The Morgan fingerprint density at radius 3 is 2.71 bits per heavy atom. The number of rotatable bonds is 4. The zero-order valence-corrected chi connectivity index (χ0v) is 11.4. The molecule has 2 aromatic carbocycles. The Kier molecular flexibility index (Phi) is 3.56. The van der Waals surface area contributed by atoms with Crippen LogP contribution in [0.4, 0.5) is 15.8 Å². The molecule has 1 aliphatic rings. The highest BCUT2D eigenvalue weighted by molar-refractivity contribution is 5.50. The van der Waals surface area contributed by atoms with Gasteiger partial charge in [0.25, 0.3) is 0 Å². The Labute approximate surface area is 121 Å². The highest BCUT2D eigenvalue weighted by atomic mass is 19.1. The largest absolute Gasteiger partial charge is 0.381 e. The van der Waals surface area contributed by atoms with Crippen molar-refractivity contribution in [3.63, 3.8) is 0 Å². The predicted molar refractivity (Wildman–Crippen MR) is 78.8 cm³/mol. The van der Waals surface area contributed by atoms with Crippen LogP contribution in [0.25, 0.3) is 0 Å². The highest BCUT2D eigenvalue weighted by Gasteiger charge is 2.14. The molecule has 0 saturated heterocycles. The number of hydrogen-bond acceptors (Lipinski definition) is 3. The summed E-state index contributed by atoms with van der Waals surface area (Å²) in [5.41, 5.74) is 3.96. The molecule has 0 spiro atoms. The SMILES string of the molecule is O=[N+]([O-])c1ccc(CNc2ccc3c(c2)CCC3)cc1F. The van der Waals surface area contributed by atoms with E-state index < -0.39 is 16.4 Å². The number of nitro groups is 1. The summed E-state index contributed by atoms with van der Waals surface area (Å²) in [6.07, 6.45) is 3.45. The summed E-state index contributed by atoms with van der Waals surface area (Å²) < 4.78 is 13.5. The summed E-state index contributed by atoms with van der Waals surface area (Å²) >= 11 is 0. The summed E-state index contributed by atoms with van der Waals surface area (Å²) in [7, 11) is 0. The first-order valence-corrected chi connectivity index (χ1v) is 6.92.